The van der Waals surface area contributed by atoms with Gasteiger partial charge in [-0.1, -0.05) is 12.1 Å². The number of rotatable bonds is 5. The van der Waals surface area contributed by atoms with Gasteiger partial charge in [-0.25, -0.2) is 0 Å². The maximum absolute atomic E-state index is 11.8. The molecule has 0 saturated heterocycles. The zero-order valence-corrected chi connectivity index (χ0v) is 12.3. The first-order valence-electron chi connectivity index (χ1n) is 6.42. The molecule has 0 radical (unpaired) electrons. The fourth-order valence-electron chi connectivity index (χ4n) is 1.99. The Morgan fingerprint density at radius 3 is 2.53 bits per heavy atom. The number of carbonyl (C=O) groups is 1. The van der Waals surface area contributed by atoms with Gasteiger partial charge in [-0.2, -0.15) is 0 Å². The SMILES string of the molecule is CCOc1ccc(C(N)C(C)(C)C(=O)OC)cc1C. The monoisotopic (exact) mass is 265 g/mol. The third-order valence-electron chi connectivity index (χ3n) is 3.35. The van der Waals surface area contributed by atoms with Gasteiger partial charge in [-0.05, 0) is 44.9 Å². The summed E-state index contributed by atoms with van der Waals surface area (Å²) < 4.78 is 10.3. The van der Waals surface area contributed by atoms with Crippen LogP contribution in [0.25, 0.3) is 0 Å². The van der Waals surface area contributed by atoms with E-state index in [-0.39, 0.29) is 5.97 Å². The quantitative estimate of drug-likeness (QED) is 0.831. The largest absolute Gasteiger partial charge is 0.494 e. The summed E-state index contributed by atoms with van der Waals surface area (Å²) in [6.45, 7) is 8.11. The summed E-state index contributed by atoms with van der Waals surface area (Å²) in [5, 5.41) is 0. The summed E-state index contributed by atoms with van der Waals surface area (Å²) >= 11 is 0. The summed E-state index contributed by atoms with van der Waals surface area (Å²) in [7, 11) is 1.38. The molecule has 0 fully saturated rings. The van der Waals surface area contributed by atoms with Crippen molar-refractivity contribution in [1.29, 1.82) is 0 Å². The van der Waals surface area contributed by atoms with Crippen molar-refractivity contribution >= 4 is 5.97 Å². The molecule has 1 rings (SSSR count). The Morgan fingerprint density at radius 2 is 2.05 bits per heavy atom. The van der Waals surface area contributed by atoms with E-state index in [4.69, 9.17) is 15.2 Å². The standard InChI is InChI=1S/C15H23NO3/c1-6-19-12-8-7-11(9-10(12)2)13(16)15(3,4)14(17)18-5/h7-9,13H,6,16H2,1-5H3. The van der Waals surface area contributed by atoms with Crippen LogP contribution < -0.4 is 10.5 Å². The lowest BCUT2D eigenvalue weighted by molar-refractivity contribution is -0.152. The molecule has 4 heteroatoms. The highest BCUT2D eigenvalue weighted by molar-refractivity contribution is 5.77. The third kappa shape index (κ3) is 3.26. The summed E-state index contributed by atoms with van der Waals surface area (Å²) in [5.41, 5.74) is 7.34. The second-order valence-electron chi connectivity index (χ2n) is 5.15. The topological polar surface area (TPSA) is 61.5 Å². The van der Waals surface area contributed by atoms with Gasteiger partial charge >= 0.3 is 5.97 Å². The van der Waals surface area contributed by atoms with Crippen LogP contribution in [0.2, 0.25) is 0 Å². The molecule has 0 bridgehead atoms. The minimum atomic E-state index is -0.770. The van der Waals surface area contributed by atoms with Crippen LogP contribution >= 0.6 is 0 Å². The molecular formula is C15H23NO3. The van der Waals surface area contributed by atoms with Crippen molar-refractivity contribution in [2.24, 2.45) is 11.1 Å². The second-order valence-corrected chi connectivity index (χ2v) is 5.15. The first-order valence-corrected chi connectivity index (χ1v) is 6.42. The number of carbonyl (C=O) groups excluding carboxylic acids is 1. The number of hydrogen-bond donors (Lipinski definition) is 1. The predicted octanol–water partition coefficient (Wildman–Crippen LogP) is 2.59. The van der Waals surface area contributed by atoms with Crippen molar-refractivity contribution in [3.63, 3.8) is 0 Å². The van der Waals surface area contributed by atoms with Crippen LogP contribution in [0.1, 0.15) is 37.9 Å². The highest BCUT2D eigenvalue weighted by Crippen LogP contribution is 2.34. The molecule has 0 saturated carbocycles. The Bertz CT molecular complexity index is 455. The molecule has 0 aliphatic carbocycles. The molecule has 1 aromatic carbocycles. The molecule has 19 heavy (non-hydrogen) atoms. The van der Waals surface area contributed by atoms with Crippen LogP contribution in [0.3, 0.4) is 0 Å². The number of methoxy groups -OCH3 is 1. The molecule has 1 unspecified atom stereocenters. The van der Waals surface area contributed by atoms with Crippen molar-refractivity contribution in [3.8, 4) is 5.75 Å². The van der Waals surface area contributed by atoms with Gasteiger partial charge < -0.3 is 15.2 Å². The van der Waals surface area contributed by atoms with Crippen LogP contribution in [-0.4, -0.2) is 19.7 Å². The molecular weight excluding hydrogens is 242 g/mol. The van der Waals surface area contributed by atoms with Crippen molar-refractivity contribution in [2.45, 2.75) is 33.7 Å². The molecule has 2 N–H and O–H groups in total. The van der Waals surface area contributed by atoms with E-state index in [1.807, 2.05) is 32.0 Å². The van der Waals surface area contributed by atoms with Gasteiger partial charge in [-0.15, -0.1) is 0 Å². The predicted molar refractivity (Wildman–Crippen MR) is 75.1 cm³/mol. The average molecular weight is 265 g/mol. The first-order chi connectivity index (χ1) is 8.84. The number of benzene rings is 1. The zero-order valence-electron chi connectivity index (χ0n) is 12.3. The van der Waals surface area contributed by atoms with Crippen molar-refractivity contribution in [2.75, 3.05) is 13.7 Å². The number of hydrogen-bond acceptors (Lipinski definition) is 4. The van der Waals surface area contributed by atoms with E-state index in [0.29, 0.717) is 6.61 Å². The minimum Gasteiger partial charge on any atom is -0.494 e. The van der Waals surface area contributed by atoms with Crippen molar-refractivity contribution in [3.05, 3.63) is 29.3 Å². The Kier molecular flexibility index (Phi) is 4.95. The molecule has 0 heterocycles. The van der Waals surface area contributed by atoms with Gasteiger partial charge in [0.15, 0.2) is 0 Å². The van der Waals surface area contributed by atoms with Gasteiger partial charge in [0, 0.05) is 6.04 Å². The summed E-state index contributed by atoms with van der Waals surface area (Å²) in [6.07, 6.45) is 0. The van der Waals surface area contributed by atoms with E-state index in [2.05, 4.69) is 0 Å². The van der Waals surface area contributed by atoms with Crippen LogP contribution in [0.15, 0.2) is 18.2 Å². The number of nitrogens with two attached hydrogens (primary N) is 1. The Balaban J connectivity index is 3.03. The summed E-state index contributed by atoms with van der Waals surface area (Å²) in [4.78, 5) is 11.8. The highest BCUT2D eigenvalue weighted by atomic mass is 16.5. The van der Waals surface area contributed by atoms with Crippen LogP contribution in [0.5, 0.6) is 5.75 Å². The number of ether oxygens (including phenoxy) is 2. The van der Waals surface area contributed by atoms with Crippen molar-refractivity contribution < 1.29 is 14.3 Å². The lowest BCUT2D eigenvalue weighted by Gasteiger charge is -2.29. The molecule has 1 aromatic rings. The minimum absolute atomic E-state index is 0.313. The van der Waals surface area contributed by atoms with Gasteiger partial charge in [-0.3, -0.25) is 4.79 Å². The first kappa shape index (κ1) is 15.5. The Morgan fingerprint density at radius 1 is 1.42 bits per heavy atom. The zero-order chi connectivity index (χ0) is 14.6. The molecule has 0 aromatic heterocycles. The smallest absolute Gasteiger partial charge is 0.313 e. The average Bonchev–Trinajstić information content (AvgIpc) is 2.39. The van der Waals surface area contributed by atoms with E-state index in [0.717, 1.165) is 16.9 Å². The van der Waals surface area contributed by atoms with Crippen LogP contribution in [0.4, 0.5) is 0 Å². The fraction of sp³-hybridized carbons (Fsp3) is 0.533. The second kappa shape index (κ2) is 6.06. The molecule has 0 aliphatic heterocycles. The van der Waals surface area contributed by atoms with Gasteiger partial charge in [0.25, 0.3) is 0 Å². The Hall–Kier alpha value is -1.55. The molecule has 1 atom stereocenters. The van der Waals surface area contributed by atoms with E-state index in [9.17, 15) is 4.79 Å². The van der Waals surface area contributed by atoms with Crippen molar-refractivity contribution in [1.82, 2.24) is 0 Å². The maximum atomic E-state index is 11.8. The van der Waals surface area contributed by atoms with Crippen LogP contribution in [0, 0.1) is 12.3 Å². The fourth-order valence-corrected chi connectivity index (χ4v) is 1.99. The van der Waals surface area contributed by atoms with Crippen LogP contribution in [-0.2, 0) is 9.53 Å². The molecule has 0 amide bonds. The van der Waals surface area contributed by atoms with Gasteiger partial charge in [0.1, 0.15) is 5.75 Å². The van der Waals surface area contributed by atoms with E-state index in [1.54, 1.807) is 13.8 Å². The Labute approximate surface area is 114 Å². The van der Waals surface area contributed by atoms with E-state index >= 15 is 0 Å². The lowest BCUT2D eigenvalue weighted by atomic mass is 9.80. The highest BCUT2D eigenvalue weighted by Gasteiger charge is 2.36. The summed E-state index contributed by atoms with van der Waals surface area (Å²) in [6, 6.07) is 5.32. The maximum Gasteiger partial charge on any atom is 0.313 e. The lowest BCUT2D eigenvalue weighted by Crippen LogP contribution is -2.37. The van der Waals surface area contributed by atoms with E-state index in [1.165, 1.54) is 7.11 Å². The van der Waals surface area contributed by atoms with Gasteiger partial charge in [0.2, 0.25) is 0 Å². The third-order valence-corrected chi connectivity index (χ3v) is 3.35. The summed E-state index contributed by atoms with van der Waals surface area (Å²) in [5.74, 6) is 0.529. The normalized spacial score (nSPS) is 12.9. The molecule has 106 valence electrons. The van der Waals surface area contributed by atoms with Gasteiger partial charge in [0.05, 0.1) is 19.1 Å². The molecule has 4 nitrogen and oxygen atoms in total. The molecule has 0 aliphatic rings. The molecule has 0 spiro atoms. The van der Waals surface area contributed by atoms with E-state index < -0.39 is 11.5 Å². The number of esters is 1. The number of aryl methyl sites for hydroxylation is 1.